The van der Waals surface area contributed by atoms with E-state index >= 15 is 0 Å². The molecule has 0 aromatic carbocycles. The Hall–Kier alpha value is -2.28. The molecule has 0 spiro atoms. The lowest BCUT2D eigenvalue weighted by atomic mass is 10.3. The lowest BCUT2D eigenvalue weighted by Gasteiger charge is -2.15. The van der Waals surface area contributed by atoms with Crippen LogP contribution in [0.25, 0.3) is 0 Å². The number of carbonyl (C=O) groups is 1. The fraction of sp³-hybridized carbons (Fsp3) is 0.500. The van der Waals surface area contributed by atoms with E-state index in [1.165, 1.54) is 0 Å². The number of nitrogens with zero attached hydrogens (tertiary/aromatic N) is 4. The van der Waals surface area contributed by atoms with Crippen molar-refractivity contribution in [1.82, 2.24) is 25.3 Å². The quantitative estimate of drug-likeness (QED) is 0.786. The van der Waals surface area contributed by atoms with E-state index in [2.05, 4.69) is 20.4 Å². The average Bonchev–Trinajstić information content (AvgIpc) is 3.28. The number of likely N-dealkylation sites (N-methyl/N-ethyl adjacent to an activating group) is 1. The Kier molecular flexibility index (Phi) is 4.97. The highest BCUT2D eigenvalue weighted by molar-refractivity contribution is 5.77. The van der Waals surface area contributed by atoms with Gasteiger partial charge >= 0.3 is 0 Å². The van der Waals surface area contributed by atoms with Crippen molar-refractivity contribution in [2.45, 2.75) is 31.7 Å². The third-order valence-electron chi connectivity index (χ3n) is 3.65. The molecular formula is C16H21N5O2. The number of amides is 1. The lowest BCUT2D eigenvalue weighted by Crippen LogP contribution is -2.36. The molecule has 3 rings (SSSR count). The zero-order valence-corrected chi connectivity index (χ0v) is 13.2. The average molecular weight is 315 g/mol. The molecule has 0 radical (unpaired) electrons. The van der Waals surface area contributed by atoms with Gasteiger partial charge in [-0.1, -0.05) is 11.2 Å². The minimum atomic E-state index is -0.0191. The van der Waals surface area contributed by atoms with Crippen LogP contribution < -0.4 is 5.32 Å². The zero-order valence-electron chi connectivity index (χ0n) is 13.2. The van der Waals surface area contributed by atoms with Crippen molar-refractivity contribution in [1.29, 1.82) is 0 Å². The molecule has 122 valence electrons. The van der Waals surface area contributed by atoms with Crippen molar-refractivity contribution in [3.05, 3.63) is 41.8 Å². The van der Waals surface area contributed by atoms with Gasteiger partial charge in [0.2, 0.25) is 11.8 Å². The number of pyridine rings is 1. The summed E-state index contributed by atoms with van der Waals surface area (Å²) in [6.45, 7) is 1.49. The van der Waals surface area contributed by atoms with Crippen LogP contribution in [-0.2, 0) is 17.8 Å². The highest BCUT2D eigenvalue weighted by Gasteiger charge is 2.29. The molecule has 1 fully saturated rings. The molecular weight excluding hydrogens is 294 g/mol. The standard InChI is InChI=1S/C16H21N5O2/c1-21(10-13-4-2-3-8-17-13)11-15(22)18-9-7-14-19-16(23-20-14)12-5-6-12/h2-4,8,12H,5-7,9-11H2,1H3,(H,18,22). The molecule has 1 amide bonds. The number of aromatic nitrogens is 3. The molecule has 7 nitrogen and oxygen atoms in total. The molecule has 2 heterocycles. The van der Waals surface area contributed by atoms with Crippen molar-refractivity contribution in [3.8, 4) is 0 Å². The SMILES string of the molecule is CN(CC(=O)NCCc1noc(C2CC2)n1)Cc1ccccn1. The van der Waals surface area contributed by atoms with E-state index in [4.69, 9.17) is 4.52 Å². The maximum absolute atomic E-state index is 11.9. The van der Waals surface area contributed by atoms with Crippen LogP contribution in [0.3, 0.4) is 0 Å². The van der Waals surface area contributed by atoms with E-state index in [0.29, 0.717) is 37.8 Å². The Labute approximate surface area is 135 Å². The van der Waals surface area contributed by atoms with Gasteiger partial charge in [-0.3, -0.25) is 14.7 Å². The molecule has 1 aliphatic rings. The van der Waals surface area contributed by atoms with Crippen LogP contribution in [0, 0.1) is 0 Å². The topological polar surface area (TPSA) is 84.2 Å². The molecule has 0 atom stereocenters. The highest BCUT2D eigenvalue weighted by Crippen LogP contribution is 2.38. The van der Waals surface area contributed by atoms with Crippen LogP contribution in [0.15, 0.2) is 28.9 Å². The summed E-state index contributed by atoms with van der Waals surface area (Å²) in [4.78, 5) is 22.4. The molecule has 1 aliphatic carbocycles. The number of rotatable bonds is 8. The Morgan fingerprint density at radius 3 is 3.04 bits per heavy atom. The molecule has 0 bridgehead atoms. The molecule has 0 saturated heterocycles. The molecule has 7 heteroatoms. The third-order valence-corrected chi connectivity index (χ3v) is 3.65. The molecule has 2 aromatic rings. The van der Waals surface area contributed by atoms with E-state index in [9.17, 15) is 4.79 Å². The van der Waals surface area contributed by atoms with Gasteiger partial charge in [-0.05, 0) is 32.0 Å². The van der Waals surface area contributed by atoms with E-state index in [-0.39, 0.29) is 5.91 Å². The largest absolute Gasteiger partial charge is 0.355 e. The normalized spacial score (nSPS) is 14.2. The Balaban J connectivity index is 1.35. The van der Waals surface area contributed by atoms with Gasteiger partial charge in [-0.25, -0.2) is 0 Å². The van der Waals surface area contributed by atoms with Crippen LogP contribution in [0.1, 0.15) is 36.2 Å². The summed E-state index contributed by atoms with van der Waals surface area (Å²) >= 11 is 0. The Bertz CT molecular complexity index is 639. The van der Waals surface area contributed by atoms with Crippen LogP contribution >= 0.6 is 0 Å². The van der Waals surface area contributed by atoms with Crippen LogP contribution in [0.2, 0.25) is 0 Å². The first-order chi connectivity index (χ1) is 11.2. The highest BCUT2D eigenvalue weighted by atomic mass is 16.5. The maximum atomic E-state index is 11.9. The van der Waals surface area contributed by atoms with Crippen molar-refractivity contribution >= 4 is 5.91 Å². The first-order valence-electron chi connectivity index (χ1n) is 7.88. The summed E-state index contributed by atoms with van der Waals surface area (Å²) in [5.74, 6) is 1.84. The van der Waals surface area contributed by atoms with Crippen LogP contribution in [0.5, 0.6) is 0 Å². The Morgan fingerprint density at radius 1 is 1.43 bits per heavy atom. The van der Waals surface area contributed by atoms with E-state index in [0.717, 1.165) is 24.4 Å². The monoisotopic (exact) mass is 315 g/mol. The van der Waals surface area contributed by atoms with Gasteiger partial charge in [0.15, 0.2) is 5.82 Å². The number of hydrogen-bond acceptors (Lipinski definition) is 6. The zero-order chi connectivity index (χ0) is 16.1. The molecule has 23 heavy (non-hydrogen) atoms. The summed E-state index contributed by atoms with van der Waals surface area (Å²) in [5, 5.41) is 6.81. The fourth-order valence-corrected chi connectivity index (χ4v) is 2.30. The molecule has 0 unspecified atom stereocenters. The van der Waals surface area contributed by atoms with Gasteiger partial charge in [0, 0.05) is 31.6 Å². The summed E-state index contributed by atoms with van der Waals surface area (Å²) in [5.41, 5.74) is 0.946. The van der Waals surface area contributed by atoms with Gasteiger partial charge in [0.1, 0.15) is 0 Å². The lowest BCUT2D eigenvalue weighted by molar-refractivity contribution is -0.122. The van der Waals surface area contributed by atoms with Gasteiger partial charge in [-0.2, -0.15) is 4.98 Å². The first kappa shape index (κ1) is 15.6. The molecule has 0 aliphatic heterocycles. The molecule has 1 saturated carbocycles. The van der Waals surface area contributed by atoms with Gasteiger partial charge in [-0.15, -0.1) is 0 Å². The van der Waals surface area contributed by atoms with Gasteiger partial charge < -0.3 is 9.84 Å². The van der Waals surface area contributed by atoms with Crippen molar-refractivity contribution < 1.29 is 9.32 Å². The second kappa shape index (κ2) is 7.32. The van der Waals surface area contributed by atoms with Gasteiger partial charge in [0.25, 0.3) is 0 Å². The summed E-state index contributed by atoms with van der Waals surface area (Å²) in [6.07, 6.45) is 4.62. The van der Waals surface area contributed by atoms with Gasteiger partial charge in [0.05, 0.1) is 12.2 Å². The predicted molar refractivity (Wildman–Crippen MR) is 83.6 cm³/mol. The first-order valence-corrected chi connectivity index (χ1v) is 7.88. The summed E-state index contributed by atoms with van der Waals surface area (Å²) in [6, 6.07) is 5.77. The molecule has 2 aromatic heterocycles. The number of nitrogens with one attached hydrogen (secondary N) is 1. The minimum absolute atomic E-state index is 0.0191. The van der Waals surface area contributed by atoms with E-state index < -0.39 is 0 Å². The van der Waals surface area contributed by atoms with Crippen LogP contribution in [-0.4, -0.2) is 46.1 Å². The number of hydrogen-bond donors (Lipinski definition) is 1. The smallest absolute Gasteiger partial charge is 0.234 e. The fourth-order valence-electron chi connectivity index (χ4n) is 2.30. The summed E-state index contributed by atoms with van der Waals surface area (Å²) < 4.78 is 5.19. The molecule has 1 N–H and O–H groups in total. The second-order valence-electron chi connectivity index (χ2n) is 5.92. The third kappa shape index (κ3) is 4.85. The summed E-state index contributed by atoms with van der Waals surface area (Å²) in [7, 11) is 1.90. The van der Waals surface area contributed by atoms with Crippen LogP contribution in [0.4, 0.5) is 0 Å². The second-order valence-corrected chi connectivity index (χ2v) is 5.92. The number of carbonyl (C=O) groups excluding carboxylic acids is 1. The maximum Gasteiger partial charge on any atom is 0.234 e. The van der Waals surface area contributed by atoms with E-state index in [1.807, 2.05) is 30.1 Å². The Morgan fingerprint density at radius 2 is 2.30 bits per heavy atom. The predicted octanol–water partition coefficient (Wildman–Crippen LogP) is 1.13. The minimum Gasteiger partial charge on any atom is -0.355 e. The van der Waals surface area contributed by atoms with E-state index in [1.54, 1.807) is 6.20 Å². The van der Waals surface area contributed by atoms with Crippen molar-refractivity contribution in [3.63, 3.8) is 0 Å². The van der Waals surface area contributed by atoms with Crippen molar-refractivity contribution in [2.24, 2.45) is 0 Å². The van der Waals surface area contributed by atoms with Crippen molar-refractivity contribution in [2.75, 3.05) is 20.1 Å².